The number of benzene rings is 2. The van der Waals surface area contributed by atoms with Gasteiger partial charge in [0.15, 0.2) is 0 Å². The van der Waals surface area contributed by atoms with Crippen molar-refractivity contribution in [1.82, 2.24) is 14.9 Å². The minimum atomic E-state index is -0.611. The Labute approximate surface area is 163 Å². The summed E-state index contributed by atoms with van der Waals surface area (Å²) in [4.78, 5) is 34.1. The van der Waals surface area contributed by atoms with Crippen LogP contribution in [-0.4, -0.2) is 40.3 Å². The van der Waals surface area contributed by atoms with Crippen molar-refractivity contribution in [2.75, 3.05) is 18.9 Å². The molecule has 138 valence electrons. The van der Waals surface area contributed by atoms with E-state index in [1.165, 1.54) is 31.6 Å². The lowest BCUT2D eigenvalue weighted by atomic mass is 10.1. The van der Waals surface area contributed by atoms with Crippen LogP contribution in [0.2, 0.25) is 10.0 Å². The number of nitrogens with zero attached hydrogens (tertiary/aromatic N) is 3. The highest BCUT2D eigenvalue weighted by Gasteiger charge is 2.20. The largest absolute Gasteiger partial charge is 0.332 e. The highest BCUT2D eigenvalue weighted by molar-refractivity contribution is 6.42. The molecule has 0 saturated heterocycles. The Hall–Kier alpha value is -2.77. The standard InChI is InChI=1S/C18H13Cl2FN4O2/c1-25(9-16(26)24-11-2-3-13(19)14(20)8-11)18(27)12-6-10(21)7-15-17(12)23-5-4-22-15/h2-8H,9H2,1H3,(H,24,26). The average Bonchev–Trinajstić information content (AvgIpc) is 2.63. The predicted molar refractivity (Wildman–Crippen MR) is 102 cm³/mol. The van der Waals surface area contributed by atoms with E-state index in [1.807, 2.05) is 0 Å². The van der Waals surface area contributed by atoms with Crippen molar-refractivity contribution in [3.8, 4) is 0 Å². The molecule has 0 bridgehead atoms. The van der Waals surface area contributed by atoms with Gasteiger partial charge >= 0.3 is 0 Å². The Balaban J connectivity index is 1.76. The number of likely N-dealkylation sites (N-methyl/N-ethyl adjacent to an activating group) is 1. The number of hydrogen-bond donors (Lipinski definition) is 1. The molecule has 1 N–H and O–H groups in total. The predicted octanol–water partition coefficient (Wildman–Crippen LogP) is 3.79. The van der Waals surface area contributed by atoms with E-state index < -0.39 is 17.6 Å². The number of halogens is 3. The number of fused-ring (bicyclic) bond motifs is 1. The van der Waals surface area contributed by atoms with Crippen molar-refractivity contribution >= 4 is 51.7 Å². The molecule has 0 unspecified atom stereocenters. The van der Waals surface area contributed by atoms with Gasteiger partial charge in [-0.05, 0) is 24.3 Å². The van der Waals surface area contributed by atoms with Gasteiger partial charge in [-0.25, -0.2) is 4.39 Å². The summed E-state index contributed by atoms with van der Waals surface area (Å²) in [5, 5.41) is 3.27. The van der Waals surface area contributed by atoms with Gasteiger partial charge in [-0.3, -0.25) is 19.6 Å². The molecule has 0 fully saturated rings. The maximum Gasteiger partial charge on any atom is 0.256 e. The van der Waals surface area contributed by atoms with Crippen molar-refractivity contribution in [2.45, 2.75) is 0 Å². The fourth-order valence-electron chi connectivity index (χ4n) is 2.47. The summed E-state index contributed by atoms with van der Waals surface area (Å²) >= 11 is 11.7. The van der Waals surface area contributed by atoms with Gasteiger partial charge in [0, 0.05) is 31.2 Å². The number of nitrogens with one attached hydrogen (secondary N) is 1. The van der Waals surface area contributed by atoms with Crippen molar-refractivity contribution < 1.29 is 14.0 Å². The van der Waals surface area contributed by atoms with Gasteiger partial charge in [-0.1, -0.05) is 23.2 Å². The Bertz CT molecular complexity index is 1050. The molecule has 6 nitrogen and oxygen atoms in total. The van der Waals surface area contributed by atoms with Crippen LogP contribution in [0.4, 0.5) is 10.1 Å². The maximum absolute atomic E-state index is 13.8. The van der Waals surface area contributed by atoms with Gasteiger partial charge in [-0.2, -0.15) is 0 Å². The lowest BCUT2D eigenvalue weighted by molar-refractivity contribution is -0.116. The molecule has 2 amide bonds. The quantitative estimate of drug-likeness (QED) is 0.714. The number of hydrogen-bond acceptors (Lipinski definition) is 4. The minimum Gasteiger partial charge on any atom is -0.332 e. The van der Waals surface area contributed by atoms with Crippen LogP contribution >= 0.6 is 23.2 Å². The highest BCUT2D eigenvalue weighted by atomic mass is 35.5. The van der Waals surface area contributed by atoms with Crippen molar-refractivity contribution in [3.05, 3.63) is 64.2 Å². The molecule has 1 aromatic heterocycles. The fourth-order valence-corrected chi connectivity index (χ4v) is 2.77. The average molecular weight is 407 g/mol. The molecule has 0 atom stereocenters. The first-order valence-electron chi connectivity index (χ1n) is 7.76. The third kappa shape index (κ3) is 4.32. The highest BCUT2D eigenvalue weighted by Crippen LogP contribution is 2.25. The molecule has 0 aliphatic carbocycles. The summed E-state index contributed by atoms with van der Waals surface area (Å²) in [6.45, 7) is -0.253. The van der Waals surface area contributed by atoms with Crippen LogP contribution in [0.15, 0.2) is 42.7 Å². The summed E-state index contributed by atoms with van der Waals surface area (Å²) in [6, 6.07) is 6.90. The normalized spacial score (nSPS) is 10.7. The summed E-state index contributed by atoms with van der Waals surface area (Å²) in [5.74, 6) is -1.61. The minimum absolute atomic E-state index is 0.0305. The Morgan fingerprint density at radius 1 is 1.11 bits per heavy atom. The molecule has 1 heterocycles. The van der Waals surface area contributed by atoms with Crippen LogP contribution in [0.5, 0.6) is 0 Å². The Morgan fingerprint density at radius 2 is 1.85 bits per heavy atom. The molecular weight excluding hydrogens is 394 g/mol. The van der Waals surface area contributed by atoms with E-state index >= 15 is 0 Å². The molecular formula is C18H13Cl2FN4O2. The second-order valence-corrected chi connectivity index (χ2v) is 6.53. The van der Waals surface area contributed by atoms with E-state index in [2.05, 4.69) is 15.3 Å². The number of anilines is 1. The molecule has 0 aliphatic heterocycles. The van der Waals surface area contributed by atoms with Crippen LogP contribution in [0.3, 0.4) is 0 Å². The lowest BCUT2D eigenvalue weighted by Crippen LogP contribution is -2.35. The van der Waals surface area contributed by atoms with Crippen molar-refractivity contribution in [1.29, 1.82) is 0 Å². The number of carbonyl (C=O) groups is 2. The van der Waals surface area contributed by atoms with Crippen LogP contribution < -0.4 is 5.32 Å². The van der Waals surface area contributed by atoms with Crippen molar-refractivity contribution in [3.63, 3.8) is 0 Å². The van der Waals surface area contributed by atoms with Gasteiger partial charge in [0.05, 0.1) is 27.7 Å². The summed E-state index contributed by atoms with van der Waals surface area (Å²) in [7, 11) is 1.43. The number of aromatic nitrogens is 2. The van der Waals surface area contributed by atoms with E-state index in [9.17, 15) is 14.0 Å². The SMILES string of the molecule is CN(CC(=O)Nc1ccc(Cl)c(Cl)c1)C(=O)c1cc(F)cc2nccnc12. The van der Waals surface area contributed by atoms with E-state index in [4.69, 9.17) is 23.2 Å². The van der Waals surface area contributed by atoms with E-state index in [0.29, 0.717) is 15.7 Å². The zero-order valence-electron chi connectivity index (χ0n) is 14.0. The molecule has 9 heteroatoms. The first-order valence-corrected chi connectivity index (χ1v) is 8.51. The van der Waals surface area contributed by atoms with Gasteiger partial charge in [0.2, 0.25) is 5.91 Å². The molecule has 0 spiro atoms. The van der Waals surface area contributed by atoms with E-state index in [-0.39, 0.29) is 23.1 Å². The van der Waals surface area contributed by atoms with Gasteiger partial charge in [0.1, 0.15) is 11.3 Å². The lowest BCUT2D eigenvalue weighted by Gasteiger charge is -2.17. The zero-order valence-corrected chi connectivity index (χ0v) is 15.6. The van der Waals surface area contributed by atoms with Crippen LogP contribution in [0, 0.1) is 5.82 Å². The molecule has 0 aliphatic rings. The van der Waals surface area contributed by atoms with Crippen LogP contribution in [0.1, 0.15) is 10.4 Å². The molecule has 0 radical (unpaired) electrons. The summed E-state index contributed by atoms with van der Waals surface area (Å²) < 4.78 is 13.8. The molecule has 0 saturated carbocycles. The third-order valence-corrected chi connectivity index (χ3v) is 4.44. The zero-order chi connectivity index (χ0) is 19.6. The summed E-state index contributed by atoms with van der Waals surface area (Å²) in [6.07, 6.45) is 2.82. The molecule has 3 aromatic rings. The number of rotatable bonds is 4. The first-order chi connectivity index (χ1) is 12.8. The molecule has 3 rings (SSSR count). The fraction of sp³-hybridized carbons (Fsp3) is 0.111. The number of amides is 2. The van der Waals surface area contributed by atoms with Gasteiger partial charge in [-0.15, -0.1) is 0 Å². The van der Waals surface area contributed by atoms with E-state index in [0.717, 1.165) is 11.0 Å². The smallest absolute Gasteiger partial charge is 0.256 e. The topological polar surface area (TPSA) is 75.2 Å². The van der Waals surface area contributed by atoms with Gasteiger partial charge in [0.25, 0.3) is 5.91 Å². The van der Waals surface area contributed by atoms with Crippen LogP contribution in [0.25, 0.3) is 11.0 Å². The molecule has 2 aromatic carbocycles. The summed E-state index contributed by atoms with van der Waals surface area (Å²) in [5.41, 5.74) is 0.996. The molecule has 27 heavy (non-hydrogen) atoms. The second-order valence-electron chi connectivity index (χ2n) is 5.72. The van der Waals surface area contributed by atoms with Crippen molar-refractivity contribution in [2.24, 2.45) is 0 Å². The van der Waals surface area contributed by atoms with Gasteiger partial charge < -0.3 is 10.2 Å². The second kappa shape index (κ2) is 7.85. The monoisotopic (exact) mass is 406 g/mol. The van der Waals surface area contributed by atoms with Crippen LogP contribution in [-0.2, 0) is 4.79 Å². The third-order valence-electron chi connectivity index (χ3n) is 3.70. The Kier molecular flexibility index (Phi) is 5.53. The first kappa shape index (κ1) is 19.0. The number of carbonyl (C=O) groups excluding carboxylic acids is 2. The maximum atomic E-state index is 13.8. The Morgan fingerprint density at radius 3 is 2.59 bits per heavy atom. The van der Waals surface area contributed by atoms with E-state index in [1.54, 1.807) is 12.1 Å².